The van der Waals surface area contributed by atoms with Crippen LogP contribution in [0.15, 0.2) is 35.3 Å². The molecule has 2 aromatic rings. The molecule has 0 unspecified atom stereocenters. The van der Waals surface area contributed by atoms with E-state index in [0.29, 0.717) is 24.5 Å². The zero-order valence-corrected chi connectivity index (χ0v) is 10.3. The third-order valence-corrected chi connectivity index (χ3v) is 2.64. The zero-order valence-electron chi connectivity index (χ0n) is 10.3. The van der Waals surface area contributed by atoms with Crippen molar-refractivity contribution in [2.75, 3.05) is 18.4 Å². The highest BCUT2D eigenvalue weighted by Gasteiger charge is 2.07. The minimum atomic E-state index is -0.441. The van der Waals surface area contributed by atoms with Crippen LogP contribution in [0.2, 0.25) is 0 Å². The molecule has 0 aliphatic rings. The average molecular weight is 262 g/mol. The van der Waals surface area contributed by atoms with Gasteiger partial charge in [0.25, 0.3) is 0 Å². The van der Waals surface area contributed by atoms with Gasteiger partial charge in [0.05, 0.1) is 17.6 Å². The lowest BCUT2D eigenvalue weighted by atomic mass is 10.1. The molecule has 1 aromatic heterocycles. The van der Waals surface area contributed by atoms with Crippen molar-refractivity contribution in [1.82, 2.24) is 9.97 Å². The summed E-state index contributed by atoms with van der Waals surface area (Å²) in [6.45, 7) is 1.26. The van der Waals surface area contributed by atoms with Crippen LogP contribution in [0.3, 0.4) is 0 Å². The third-order valence-electron chi connectivity index (χ3n) is 2.64. The van der Waals surface area contributed by atoms with Crippen LogP contribution in [-0.2, 0) is 0 Å². The van der Waals surface area contributed by atoms with Crippen molar-refractivity contribution in [3.8, 4) is 11.3 Å². The van der Waals surface area contributed by atoms with E-state index in [4.69, 9.17) is 5.73 Å². The summed E-state index contributed by atoms with van der Waals surface area (Å²) in [6, 6.07) is 5.90. The fourth-order valence-corrected chi connectivity index (χ4v) is 1.70. The van der Waals surface area contributed by atoms with Gasteiger partial charge in [-0.2, -0.15) is 4.98 Å². The Morgan fingerprint density at radius 3 is 2.74 bits per heavy atom. The molecule has 4 N–H and O–H groups in total. The molecule has 0 radical (unpaired) electrons. The van der Waals surface area contributed by atoms with E-state index in [-0.39, 0.29) is 5.82 Å². The van der Waals surface area contributed by atoms with Gasteiger partial charge >= 0.3 is 5.69 Å². The second kappa shape index (κ2) is 6.10. The van der Waals surface area contributed by atoms with Crippen LogP contribution < -0.4 is 16.7 Å². The standard InChI is InChI=1S/C13H15FN4O/c14-10-4-2-9(3-5-10)12-11(16-7-1-6-15)8-17-13(19)18-12/h2-5,8,16H,1,6-7,15H2,(H,17,18,19). The Bertz CT molecular complexity index is 594. The van der Waals surface area contributed by atoms with Crippen LogP contribution >= 0.6 is 0 Å². The molecule has 6 heteroatoms. The highest BCUT2D eigenvalue weighted by atomic mass is 19.1. The molecule has 5 nitrogen and oxygen atoms in total. The number of nitrogens with one attached hydrogen (secondary N) is 2. The maximum Gasteiger partial charge on any atom is 0.345 e. The van der Waals surface area contributed by atoms with Gasteiger partial charge in [-0.1, -0.05) is 0 Å². The van der Waals surface area contributed by atoms with Crippen molar-refractivity contribution in [2.24, 2.45) is 5.73 Å². The summed E-state index contributed by atoms with van der Waals surface area (Å²) in [4.78, 5) is 17.7. The first-order chi connectivity index (χ1) is 9.20. The number of aromatic amines is 1. The van der Waals surface area contributed by atoms with E-state index in [2.05, 4.69) is 15.3 Å². The number of halogens is 1. The molecule has 1 heterocycles. The van der Waals surface area contributed by atoms with Gasteiger partial charge in [-0.15, -0.1) is 0 Å². The van der Waals surface area contributed by atoms with Crippen LogP contribution in [0, 0.1) is 5.82 Å². The first-order valence-corrected chi connectivity index (χ1v) is 6.00. The number of benzene rings is 1. The molecule has 0 amide bonds. The average Bonchev–Trinajstić information content (AvgIpc) is 2.41. The highest BCUT2D eigenvalue weighted by molar-refractivity contribution is 5.73. The molecule has 0 fully saturated rings. The number of rotatable bonds is 5. The lowest BCUT2D eigenvalue weighted by Crippen LogP contribution is -2.15. The number of nitrogens with two attached hydrogens (primary N) is 1. The van der Waals surface area contributed by atoms with Crippen LogP contribution in [0.5, 0.6) is 0 Å². The Morgan fingerprint density at radius 1 is 1.32 bits per heavy atom. The number of hydrogen-bond acceptors (Lipinski definition) is 4. The molecule has 19 heavy (non-hydrogen) atoms. The van der Waals surface area contributed by atoms with Crippen molar-refractivity contribution in [2.45, 2.75) is 6.42 Å². The van der Waals surface area contributed by atoms with Gasteiger partial charge < -0.3 is 16.0 Å². The van der Waals surface area contributed by atoms with Gasteiger partial charge in [0.15, 0.2) is 0 Å². The SMILES string of the molecule is NCCCNc1cnc(=O)[nH]c1-c1ccc(F)cc1. The molecular formula is C13H15FN4O. The third kappa shape index (κ3) is 3.38. The fourth-order valence-electron chi connectivity index (χ4n) is 1.70. The van der Waals surface area contributed by atoms with Gasteiger partial charge in [-0.05, 0) is 37.2 Å². The minimum Gasteiger partial charge on any atom is -0.382 e. The van der Waals surface area contributed by atoms with E-state index in [1.54, 1.807) is 12.1 Å². The number of nitrogens with zero attached hydrogens (tertiary/aromatic N) is 1. The summed E-state index contributed by atoms with van der Waals surface area (Å²) >= 11 is 0. The Labute approximate surface area is 109 Å². The molecular weight excluding hydrogens is 247 g/mol. The van der Waals surface area contributed by atoms with E-state index >= 15 is 0 Å². The quantitative estimate of drug-likeness (QED) is 0.710. The van der Waals surface area contributed by atoms with Gasteiger partial charge in [-0.25, -0.2) is 9.18 Å². The van der Waals surface area contributed by atoms with Crippen LogP contribution in [0.25, 0.3) is 11.3 Å². The van der Waals surface area contributed by atoms with E-state index in [9.17, 15) is 9.18 Å². The summed E-state index contributed by atoms with van der Waals surface area (Å²) < 4.78 is 12.9. The largest absolute Gasteiger partial charge is 0.382 e. The predicted molar refractivity (Wildman–Crippen MR) is 72.4 cm³/mol. The number of anilines is 1. The molecule has 0 atom stereocenters. The van der Waals surface area contributed by atoms with Crippen LogP contribution in [0.1, 0.15) is 6.42 Å². The van der Waals surface area contributed by atoms with Crippen molar-refractivity contribution >= 4 is 5.69 Å². The Hall–Kier alpha value is -2.21. The maximum absolute atomic E-state index is 12.9. The summed E-state index contributed by atoms with van der Waals surface area (Å²) in [6.07, 6.45) is 2.27. The van der Waals surface area contributed by atoms with Crippen molar-refractivity contribution in [1.29, 1.82) is 0 Å². The van der Waals surface area contributed by atoms with Crippen molar-refractivity contribution in [3.05, 3.63) is 46.8 Å². The molecule has 0 spiro atoms. The molecule has 1 aromatic carbocycles. The smallest absolute Gasteiger partial charge is 0.345 e. The highest BCUT2D eigenvalue weighted by Crippen LogP contribution is 2.23. The fraction of sp³-hybridized carbons (Fsp3) is 0.231. The summed E-state index contributed by atoms with van der Waals surface area (Å²) in [5, 5.41) is 3.15. The van der Waals surface area contributed by atoms with E-state index in [1.165, 1.54) is 18.3 Å². The Morgan fingerprint density at radius 2 is 2.05 bits per heavy atom. The van der Waals surface area contributed by atoms with E-state index in [1.807, 2.05) is 0 Å². The predicted octanol–water partition coefficient (Wildman–Crippen LogP) is 1.34. The first kappa shape index (κ1) is 13.2. The van der Waals surface area contributed by atoms with Gasteiger partial charge in [0.2, 0.25) is 0 Å². The van der Waals surface area contributed by atoms with E-state index in [0.717, 1.165) is 12.0 Å². The molecule has 2 rings (SSSR count). The Balaban J connectivity index is 2.34. The minimum absolute atomic E-state index is 0.321. The van der Waals surface area contributed by atoms with E-state index < -0.39 is 5.69 Å². The molecule has 100 valence electrons. The van der Waals surface area contributed by atoms with Gasteiger partial charge in [0.1, 0.15) is 5.82 Å². The van der Waals surface area contributed by atoms with Crippen LogP contribution in [-0.4, -0.2) is 23.1 Å². The molecule has 0 bridgehead atoms. The number of aromatic nitrogens is 2. The monoisotopic (exact) mass is 262 g/mol. The Kier molecular flexibility index (Phi) is 4.25. The second-order valence-electron chi connectivity index (χ2n) is 4.05. The summed E-state index contributed by atoms with van der Waals surface area (Å²) in [5.74, 6) is -0.321. The summed E-state index contributed by atoms with van der Waals surface area (Å²) in [7, 11) is 0. The summed E-state index contributed by atoms with van der Waals surface area (Å²) in [5.41, 5.74) is 6.99. The number of H-pyrrole nitrogens is 1. The molecule has 0 aliphatic heterocycles. The molecule has 0 saturated heterocycles. The normalized spacial score (nSPS) is 10.4. The number of hydrogen-bond donors (Lipinski definition) is 3. The maximum atomic E-state index is 12.9. The van der Waals surface area contributed by atoms with Gasteiger partial charge in [0, 0.05) is 12.1 Å². The lowest BCUT2D eigenvalue weighted by Gasteiger charge is -2.10. The topological polar surface area (TPSA) is 83.8 Å². The van der Waals surface area contributed by atoms with Gasteiger partial charge in [-0.3, -0.25) is 0 Å². The van der Waals surface area contributed by atoms with Crippen molar-refractivity contribution < 1.29 is 4.39 Å². The van der Waals surface area contributed by atoms with Crippen LogP contribution in [0.4, 0.5) is 10.1 Å². The lowest BCUT2D eigenvalue weighted by molar-refractivity contribution is 0.628. The molecule has 0 saturated carbocycles. The molecule has 0 aliphatic carbocycles. The first-order valence-electron chi connectivity index (χ1n) is 6.00. The second-order valence-corrected chi connectivity index (χ2v) is 4.05. The zero-order chi connectivity index (χ0) is 13.7. The van der Waals surface area contributed by atoms with Crippen molar-refractivity contribution in [3.63, 3.8) is 0 Å².